The first kappa shape index (κ1) is 21.3. The van der Waals surface area contributed by atoms with E-state index in [4.69, 9.17) is 0 Å². The summed E-state index contributed by atoms with van der Waals surface area (Å²) >= 11 is 1.43. The van der Waals surface area contributed by atoms with E-state index in [2.05, 4.69) is 30.9 Å². The number of hydrogen-bond acceptors (Lipinski definition) is 7. The first-order valence-electron chi connectivity index (χ1n) is 10.7. The SMILES string of the molecule is Cc1cc(Nc2nc(Sc3ccc(NC(=O)N4CCC[C@@H]4CO)cc3)nn3cccc23)n[nH]1. The number of carbonyl (C=O) groups is 1. The number of aryl methyl sites for hydroxylation is 1. The molecule has 11 heteroatoms. The molecule has 5 rings (SSSR count). The van der Waals surface area contributed by atoms with Crippen LogP contribution < -0.4 is 10.6 Å². The molecule has 1 aliphatic rings. The molecule has 2 amide bonds. The third kappa shape index (κ3) is 4.64. The molecular formula is C22H24N8O2S. The van der Waals surface area contributed by atoms with Gasteiger partial charge >= 0.3 is 6.03 Å². The Hall–Kier alpha value is -3.57. The van der Waals surface area contributed by atoms with Crippen molar-refractivity contribution in [2.24, 2.45) is 0 Å². The van der Waals surface area contributed by atoms with E-state index in [0.717, 1.165) is 28.9 Å². The molecule has 1 aromatic carbocycles. The predicted octanol–water partition coefficient (Wildman–Crippen LogP) is 3.64. The highest BCUT2D eigenvalue weighted by atomic mass is 32.2. The van der Waals surface area contributed by atoms with Gasteiger partial charge in [0.2, 0.25) is 5.16 Å². The summed E-state index contributed by atoms with van der Waals surface area (Å²) < 4.78 is 1.78. The van der Waals surface area contributed by atoms with Crippen LogP contribution in [0, 0.1) is 6.92 Å². The average Bonchev–Trinajstić information content (AvgIpc) is 3.56. The number of anilines is 3. The van der Waals surface area contributed by atoms with Crippen molar-refractivity contribution in [3.05, 3.63) is 54.4 Å². The third-order valence-electron chi connectivity index (χ3n) is 5.49. The molecule has 1 fully saturated rings. The van der Waals surface area contributed by atoms with Crippen molar-refractivity contribution in [3.8, 4) is 0 Å². The maximum atomic E-state index is 12.5. The minimum absolute atomic E-state index is 0.00860. The number of amides is 2. The van der Waals surface area contributed by atoms with E-state index < -0.39 is 0 Å². The van der Waals surface area contributed by atoms with Crippen molar-refractivity contribution < 1.29 is 9.90 Å². The van der Waals surface area contributed by atoms with E-state index in [0.29, 0.717) is 29.0 Å². The number of likely N-dealkylation sites (tertiary alicyclic amines) is 1. The summed E-state index contributed by atoms with van der Waals surface area (Å²) in [5, 5.41) is 27.9. The Morgan fingerprint density at radius 3 is 2.91 bits per heavy atom. The molecule has 0 aliphatic carbocycles. The number of fused-ring (bicyclic) bond motifs is 1. The number of benzene rings is 1. The van der Waals surface area contributed by atoms with Gasteiger partial charge in [-0.2, -0.15) is 5.10 Å². The Bertz CT molecular complexity index is 1270. The topological polar surface area (TPSA) is 123 Å². The van der Waals surface area contributed by atoms with Crippen LogP contribution in [-0.4, -0.2) is 60.0 Å². The van der Waals surface area contributed by atoms with E-state index in [1.165, 1.54) is 11.8 Å². The second-order valence-corrected chi connectivity index (χ2v) is 8.91. The van der Waals surface area contributed by atoms with Gasteiger partial charge in [0.1, 0.15) is 5.52 Å². The van der Waals surface area contributed by atoms with Crippen LogP contribution in [0.25, 0.3) is 5.52 Å². The van der Waals surface area contributed by atoms with Crippen molar-refractivity contribution in [2.45, 2.75) is 35.9 Å². The summed E-state index contributed by atoms with van der Waals surface area (Å²) in [4.78, 5) is 19.8. The number of carbonyl (C=O) groups excluding carboxylic acids is 1. The molecule has 10 nitrogen and oxygen atoms in total. The second-order valence-electron chi connectivity index (χ2n) is 7.87. The lowest BCUT2D eigenvalue weighted by Gasteiger charge is -2.23. The monoisotopic (exact) mass is 464 g/mol. The quantitative estimate of drug-likeness (QED) is 0.343. The van der Waals surface area contributed by atoms with Gasteiger partial charge in [-0.15, -0.1) is 5.10 Å². The van der Waals surface area contributed by atoms with Crippen LogP contribution in [0.1, 0.15) is 18.5 Å². The van der Waals surface area contributed by atoms with E-state index in [-0.39, 0.29) is 18.7 Å². The molecule has 4 aromatic rings. The Kier molecular flexibility index (Phi) is 5.88. The van der Waals surface area contributed by atoms with Gasteiger partial charge in [-0.25, -0.2) is 14.3 Å². The molecule has 33 heavy (non-hydrogen) atoms. The molecule has 1 aliphatic heterocycles. The molecule has 170 valence electrons. The first-order chi connectivity index (χ1) is 16.1. The summed E-state index contributed by atoms with van der Waals surface area (Å²) in [5.74, 6) is 1.35. The highest BCUT2D eigenvalue weighted by Crippen LogP contribution is 2.29. The molecule has 1 saturated heterocycles. The van der Waals surface area contributed by atoms with Gasteiger partial charge in [-0.05, 0) is 67.9 Å². The number of aliphatic hydroxyl groups excluding tert-OH is 1. The number of rotatable bonds is 6. The average molecular weight is 465 g/mol. The number of aliphatic hydroxyl groups is 1. The van der Waals surface area contributed by atoms with Crippen LogP contribution in [0.4, 0.5) is 22.1 Å². The van der Waals surface area contributed by atoms with Crippen molar-refractivity contribution in [3.63, 3.8) is 0 Å². The fraction of sp³-hybridized carbons (Fsp3) is 0.273. The van der Waals surface area contributed by atoms with Crippen LogP contribution in [0.5, 0.6) is 0 Å². The van der Waals surface area contributed by atoms with Gasteiger partial charge in [0.25, 0.3) is 0 Å². The summed E-state index contributed by atoms with van der Waals surface area (Å²) in [6.45, 7) is 2.60. The molecule has 0 spiro atoms. The summed E-state index contributed by atoms with van der Waals surface area (Å²) in [7, 11) is 0. The molecule has 4 N–H and O–H groups in total. The molecule has 0 saturated carbocycles. The minimum Gasteiger partial charge on any atom is -0.394 e. The smallest absolute Gasteiger partial charge is 0.322 e. The first-order valence-corrected chi connectivity index (χ1v) is 11.5. The van der Waals surface area contributed by atoms with Gasteiger partial charge < -0.3 is 20.6 Å². The number of aromatic amines is 1. The summed E-state index contributed by atoms with van der Waals surface area (Å²) in [6.07, 6.45) is 3.62. The fourth-order valence-electron chi connectivity index (χ4n) is 3.85. The fourth-order valence-corrected chi connectivity index (χ4v) is 4.60. The zero-order valence-electron chi connectivity index (χ0n) is 18.0. The van der Waals surface area contributed by atoms with Crippen LogP contribution in [-0.2, 0) is 0 Å². The second kappa shape index (κ2) is 9.12. The number of hydrogen-bond donors (Lipinski definition) is 4. The zero-order valence-corrected chi connectivity index (χ0v) is 18.8. The summed E-state index contributed by atoms with van der Waals surface area (Å²) in [5.41, 5.74) is 2.50. The van der Waals surface area contributed by atoms with Crippen molar-refractivity contribution in [2.75, 3.05) is 23.8 Å². The number of nitrogens with one attached hydrogen (secondary N) is 3. The summed E-state index contributed by atoms with van der Waals surface area (Å²) in [6, 6.07) is 13.0. The third-order valence-corrected chi connectivity index (χ3v) is 6.35. The molecule has 1 atom stereocenters. The van der Waals surface area contributed by atoms with Gasteiger partial charge in [0.05, 0.1) is 12.6 Å². The maximum absolute atomic E-state index is 12.5. The predicted molar refractivity (Wildman–Crippen MR) is 126 cm³/mol. The Labute approximate surface area is 194 Å². The normalized spacial score (nSPS) is 15.8. The number of aromatic nitrogens is 5. The molecule has 4 heterocycles. The van der Waals surface area contributed by atoms with Gasteiger partial charge in [0, 0.05) is 35.1 Å². The van der Waals surface area contributed by atoms with E-state index in [1.807, 2.05) is 55.6 Å². The van der Waals surface area contributed by atoms with E-state index in [1.54, 1.807) is 9.42 Å². The molecule has 0 radical (unpaired) electrons. The van der Waals surface area contributed by atoms with E-state index >= 15 is 0 Å². The standard InChI is InChI=1S/C22H24N8O2S/c1-14-12-19(27-26-14)24-20-18-5-3-11-30(18)28-21(25-20)33-17-8-6-15(7-9-17)23-22(32)29-10-2-4-16(29)13-31/h3,5-9,11-12,16,31H,2,4,10,13H2,1H3,(H,23,32)(H2,24,25,26,27,28)/t16-/m1/s1. The lowest BCUT2D eigenvalue weighted by atomic mass is 10.2. The number of H-pyrrole nitrogens is 1. The molecule has 3 aromatic heterocycles. The highest BCUT2D eigenvalue weighted by Gasteiger charge is 2.28. The molecule has 0 bridgehead atoms. The maximum Gasteiger partial charge on any atom is 0.322 e. The van der Waals surface area contributed by atoms with Gasteiger partial charge in [-0.3, -0.25) is 5.10 Å². The van der Waals surface area contributed by atoms with E-state index in [9.17, 15) is 9.90 Å². The van der Waals surface area contributed by atoms with Gasteiger partial charge in [-0.1, -0.05) is 0 Å². The number of nitrogens with zero attached hydrogens (tertiary/aromatic N) is 5. The largest absolute Gasteiger partial charge is 0.394 e. The molecule has 0 unspecified atom stereocenters. The Balaban J connectivity index is 1.30. The van der Waals surface area contributed by atoms with Crippen LogP contribution >= 0.6 is 11.8 Å². The van der Waals surface area contributed by atoms with Crippen LogP contribution in [0.15, 0.2) is 58.7 Å². The van der Waals surface area contributed by atoms with Crippen molar-refractivity contribution in [1.29, 1.82) is 0 Å². The lowest BCUT2D eigenvalue weighted by molar-refractivity contribution is 0.166. The van der Waals surface area contributed by atoms with Crippen molar-refractivity contribution >= 4 is 40.6 Å². The Morgan fingerprint density at radius 1 is 1.30 bits per heavy atom. The Morgan fingerprint density at radius 2 is 2.15 bits per heavy atom. The molecular weight excluding hydrogens is 440 g/mol. The zero-order chi connectivity index (χ0) is 22.8. The minimum atomic E-state index is -0.183. The van der Waals surface area contributed by atoms with Gasteiger partial charge in [0.15, 0.2) is 11.6 Å². The highest BCUT2D eigenvalue weighted by molar-refractivity contribution is 7.99. The van der Waals surface area contributed by atoms with Crippen LogP contribution in [0.2, 0.25) is 0 Å². The number of urea groups is 1. The van der Waals surface area contributed by atoms with Crippen LogP contribution in [0.3, 0.4) is 0 Å². The van der Waals surface area contributed by atoms with Crippen molar-refractivity contribution in [1.82, 2.24) is 29.7 Å². The lowest BCUT2D eigenvalue weighted by Crippen LogP contribution is -2.40.